The number of hydrogen-bond donors (Lipinski definition) is 3. The van der Waals surface area contributed by atoms with E-state index in [1.54, 1.807) is 0 Å². The van der Waals surface area contributed by atoms with E-state index in [2.05, 4.69) is 0 Å². The molecule has 0 saturated heterocycles. The summed E-state index contributed by atoms with van der Waals surface area (Å²) in [5, 5.41) is 22.2. The molecule has 0 amide bonds. The van der Waals surface area contributed by atoms with Gasteiger partial charge in [0.25, 0.3) is 17.9 Å². The second-order valence-electron chi connectivity index (χ2n) is 1.56. The van der Waals surface area contributed by atoms with Crippen LogP contribution in [-0.2, 0) is 14.4 Å². The van der Waals surface area contributed by atoms with Crippen molar-refractivity contribution in [2.24, 2.45) is 0 Å². The molecule has 0 heterocycles. The van der Waals surface area contributed by atoms with Crippen LogP contribution in [0.1, 0.15) is 20.8 Å². The molecule has 3 N–H and O–H groups in total. The molecule has 0 atom stereocenters. The molecule has 0 aliphatic heterocycles. The molecule has 0 aliphatic rings. The molecule has 0 unspecified atom stereocenters. The van der Waals surface area contributed by atoms with Crippen molar-refractivity contribution in [2.45, 2.75) is 20.8 Å². The number of carboxylic acids is 3. The van der Waals surface area contributed by atoms with E-state index in [-0.39, 0.29) is 4.70 Å². The van der Waals surface area contributed by atoms with Crippen LogP contribution in [0.2, 0.25) is 0 Å². The topological polar surface area (TPSA) is 112 Å². The molecule has 80 valence electrons. The van der Waals surface area contributed by atoms with Crippen molar-refractivity contribution in [3.8, 4) is 0 Å². The Kier molecular flexibility index (Phi) is 29.0. The zero-order valence-corrected chi connectivity index (χ0v) is 7.47. The van der Waals surface area contributed by atoms with Gasteiger partial charge in [-0.1, -0.05) is 0 Å². The lowest BCUT2D eigenvalue weighted by molar-refractivity contribution is -0.135. The van der Waals surface area contributed by atoms with Crippen molar-refractivity contribution in [3.05, 3.63) is 0 Å². The lowest BCUT2D eigenvalue weighted by Gasteiger charge is -1.59. The molecule has 0 aromatic rings. The van der Waals surface area contributed by atoms with Crippen LogP contribution in [0.15, 0.2) is 0 Å². The van der Waals surface area contributed by atoms with Crippen LogP contribution in [0, 0.1) is 0 Å². The number of hydrogen-bond acceptors (Lipinski definition) is 3. The van der Waals surface area contributed by atoms with Gasteiger partial charge in [-0.05, 0) is 0 Å². The summed E-state index contributed by atoms with van der Waals surface area (Å²) in [6.07, 6.45) is 0. The molecule has 7 heteroatoms. The molecule has 0 saturated carbocycles. The zero-order valence-electron chi connectivity index (χ0n) is 7.47. The fourth-order valence-electron chi connectivity index (χ4n) is 0. The van der Waals surface area contributed by atoms with Crippen molar-refractivity contribution in [1.29, 1.82) is 0 Å². The Labute approximate surface area is 74.2 Å². The highest BCUT2D eigenvalue weighted by Gasteiger charge is 1.66. The summed E-state index contributed by atoms with van der Waals surface area (Å²) in [5.74, 6) is -2.50. The molecule has 0 radical (unpaired) electrons. The van der Waals surface area contributed by atoms with Crippen LogP contribution in [0.25, 0.3) is 0 Å². The van der Waals surface area contributed by atoms with Gasteiger partial charge < -0.3 is 15.3 Å². The van der Waals surface area contributed by atoms with Gasteiger partial charge in [0, 0.05) is 20.8 Å². The van der Waals surface area contributed by atoms with Crippen LogP contribution < -0.4 is 0 Å². The zero-order chi connectivity index (χ0) is 10.7. The first-order chi connectivity index (χ1) is 5.20. The Balaban J connectivity index is -0.0000000450. The summed E-state index contributed by atoms with van der Waals surface area (Å²) >= 11 is 0. The quantitative estimate of drug-likeness (QED) is 0.522. The minimum atomic E-state index is -0.833. The Hall–Kier alpha value is -1.66. The average Bonchev–Trinajstić information content (AvgIpc) is 1.54. The van der Waals surface area contributed by atoms with E-state index < -0.39 is 17.9 Å². The van der Waals surface area contributed by atoms with Gasteiger partial charge in [0.05, 0.1) is 0 Å². The molecule has 6 nitrogen and oxygen atoms in total. The second-order valence-corrected chi connectivity index (χ2v) is 1.56. The van der Waals surface area contributed by atoms with Gasteiger partial charge in [-0.2, -0.15) is 0 Å². The first-order valence-corrected chi connectivity index (χ1v) is 2.78. The highest BCUT2D eigenvalue weighted by Crippen LogP contribution is 1.42. The minimum Gasteiger partial charge on any atom is -0.481 e. The third-order valence-corrected chi connectivity index (χ3v) is 0. The summed E-state index contributed by atoms with van der Waals surface area (Å²) in [5.41, 5.74) is 0. The number of carboxylic acid groups (broad SMARTS) is 3. The Morgan fingerprint density at radius 3 is 0.692 bits per heavy atom. The van der Waals surface area contributed by atoms with Crippen molar-refractivity contribution in [2.75, 3.05) is 0 Å². The smallest absolute Gasteiger partial charge is 0.300 e. The van der Waals surface area contributed by atoms with Crippen molar-refractivity contribution >= 4 is 17.9 Å². The van der Waals surface area contributed by atoms with Gasteiger partial charge in [0.1, 0.15) is 0 Å². The highest BCUT2D eigenvalue weighted by atomic mass is 19.0. The first kappa shape index (κ1) is 22.5. The van der Waals surface area contributed by atoms with Crippen molar-refractivity contribution in [3.63, 3.8) is 0 Å². The third-order valence-electron chi connectivity index (χ3n) is 0. The summed E-state index contributed by atoms with van der Waals surface area (Å²) in [6, 6.07) is 0. The van der Waals surface area contributed by atoms with Crippen LogP contribution >= 0.6 is 0 Å². The molecule has 0 spiro atoms. The Bertz CT molecular complexity index is 115. The van der Waals surface area contributed by atoms with Crippen LogP contribution in [0.4, 0.5) is 4.70 Å². The summed E-state index contributed by atoms with van der Waals surface area (Å²) in [4.78, 5) is 27.0. The number of halogens is 1. The van der Waals surface area contributed by atoms with Crippen LogP contribution in [0.5, 0.6) is 0 Å². The molecule has 0 rings (SSSR count). The molecular weight excluding hydrogens is 187 g/mol. The summed E-state index contributed by atoms with van der Waals surface area (Å²) < 4.78 is 0. The van der Waals surface area contributed by atoms with Gasteiger partial charge in [0.15, 0.2) is 0 Å². The molecular formula is C6H13FO6. The van der Waals surface area contributed by atoms with E-state index >= 15 is 0 Å². The predicted octanol–water partition coefficient (Wildman–Crippen LogP) is 0.425. The van der Waals surface area contributed by atoms with Gasteiger partial charge in [-0.3, -0.25) is 19.1 Å². The van der Waals surface area contributed by atoms with E-state index in [1.165, 1.54) is 0 Å². The molecule has 0 aliphatic carbocycles. The SMILES string of the molecule is CC(=O)O.CC(=O)O.CC(=O)O.F. The third kappa shape index (κ3) is 261. The predicted molar refractivity (Wildman–Crippen MR) is 42.4 cm³/mol. The van der Waals surface area contributed by atoms with Crippen molar-refractivity contribution < 1.29 is 34.4 Å². The lowest BCUT2D eigenvalue weighted by Crippen LogP contribution is -1.78. The Morgan fingerprint density at radius 1 is 0.692 bits per heavy atom. The highest BCUT2D eigenvalue weighted by molar-refractivity contribution is 5.63. The van der Waals surface area contributed by atoms with Gasteiger partial charge in [-0.15, -0.1) is 0 Å². The normalized spacial score (nSPS) is 5.77. The minimum absolute atomic E-state index is 0. The van der Waals surface area contributed by atoms with E-state index in [0.29, 0.717) is 0 Å². The second kappa shape index (κ2) is 16.7. The first-order valence-electron chi connectivity index (χ1n) is 2.78. The summed E-state index contributed by atoms with van der Waals surface area (Å²) in [7, 11) is 0. The maximum Gasteiger partial charge on any atom is 0.300 e. The molecule has 0 aromatic carbocycles. The Morgan fingerprint density at radius 2 is 0.692 bits per heavy atom. The molecule has 0 bridgehead atoms. The number of aliphatic carboxylic acids is 3. The van der Waals surface area contributed by atoms with E-state index in [9.17, 15) is 0 Å². The van der Waals surface area contributed by atoms with Gasteiger partial charge >= 0.3 is 0 Å². The van der Waals surface area contributed by atoms with E-state index in [0.717, 1.165) is 20.8 Å². The maximum atomic E-state index is 9.00. The van der Waals surface area contributed by atoms with E-state index in [4.69, 9.17) is 29.7 Å². The van der Waals surface area contributed by atoms with E-state index in [1.807, 2.05) is 0 Å². The van der Waals surface area contributed by atoms with Crippen molar-refractivity contribution in [1.82, 2.24) is 0 Å². The molecule has 0 aromatic heterocycles. The monoisotopic (exact) mass is 200 g/mol. The van der Waals surface area contributed by atoms with Gasteiger partial charge in [-0.25, -0.2) is 0 Å². The summed E-state index contributed by atoms with van der Waals surface area (Å²) in [6.45, 7) is 3.25. The molecule has 13 heavy (non-hydrogen) atoms. The maximum absolute atomic E-state index is 9.00. The van der Waals surface area contributed by atoms with Gasteiger partial charge in [0.2, 0.25) is 0 Å². The number of rotatable bonds is 0. The fraction of sp³-hybridized carbons (Fsp3) is 0.500. The lowest BCUT2D eigenvalue weighted by atomic mass is 10.9. The number of carbonyl (C=O) groups is 3. The fourth-order valence-corrected chi connectivity index (χ4v) is 0. The largest absolute Gasteiger partial charge is 0.481 e. The molecule has 0 fully saturated rings. The van der Waals surface area contributed by atoms with Crippen LogP contribution in [-0.4, -0.2) is 33.2 Å². The average molecular weight is 200 g/mol. The standard InChI is InChI=1S/3C2H4O2.FH/c3*1-2(3)4;/h3*1H3,(H,3,4);1H. The van der Waals surface area contributed by atoms with Crippen LogP contribution in [0.3, 0.4) is 0 Å².